The summed E-state index contributed by atoms with van der Waals surface area (Å²) in [5.41, 5.74) is 5.73. The minimum Gasteiger partial charge on any atom is -0.396 e. The second kappa shape index (κ2) is 7.49. The summed E-state index contributed by atoms with van der Waals surface area (Å²) in [4.78, 5) is 4.32. The Balaban J connectivity index is 4.09. The maximum Gasteiger partial charge on any atom is 0.188 e. The Hall–Kier alpha value is -0.770. The van der Waals surface area contributed by atoms with E-state index in [0.29, 0.717) is 18.4 Å². The highest BCUT2D eigenvalue weighted by molar-refractivity contribution is 5.78. The summed E-state index contributed by atoms with van der Waals surface area (Å²) >= 11 is 0. The van der Waals surface area contributed by atoms with E-state index >= 15 is 0 Å². The number of nitrogens with two attached hydrogens (primary N) is 1. The standard InChI is InChI=1S/C12H27N3O/c1-5-6-10(7-8-16)9-14-11(13)15-12(2,3)4/h10,16H,5-9H2,1-4H3,(H3,13,14,15). The second-order valence-corrected chi connectivity index (χ2v) is 5.27. The second-order valence-electron chi connectivity index (χ2n) is 5.27. The lowest BCUT2D eigenvalue weighted by Crippen LogP contribution is -2.45. The van der Waals surface area contributed by atoms with Crippen molar-refractivity contribution >= 4 is 5.96 Å². The normalized spacial score (nSPS) is 14.9. The van der Waals surface area contributed by atoms with Crippen LogP contribution in [0.3, 0.4) is 0 Å². The third-order valence-electron chi connectivity index (χ3n) is 2.26. The molecule has 0 amide bonds. The van der Waals surface area contributed by atoms with E-state index < -0.39 is 0 Å². The molecule has 0 saturated carbocycles. The van der Waals surface area contributed by atoms with Crippen molar-refractivity contribution in [2.75, 3.05) is 13.2 Å². The zero-order valence-corrected chi connectivity index (χ0v) is 11.1. The van der Waals surface area contributed by atoms with Crippen LogP contribution in [0.4, 0.5) is 0 Å². The van der Waals surface area contributed by atoms with Crippen LogP contribution in [-0.2, 0) is 0 Å². The van der Waals surface area contributed by atoms with Crippen LogP contribution < -0.4 is 11.1 Å². The molecule has 0 bridgehead atoms. The molecule has 0 saturated heterocycles. The SMILES string of the molecule is CCCC(CCO)CN=C(N)NC(C)(C)C. The van der Waals surface area contributed by atoms with Crippen molar-refractivity contribution in [3.05, 3.63) is 0 Å². The molecule has 0 aliphatic carbocycles. The number of hydrogen-bond acceptors (Lipinski definition) is 2. The van der Waals surface area contributed by atoms with E-state index in [1.807, 2.05) is 20.8 Å². The highest BCUT2D eigenvalue weighted by Crippen LogP contribution is 2.11. The van der Waals surface area contributed by atoms with Gasteiger partial charge in [0.1, 0.15) is 0 Å². The van der Waals surface area contributed by atoms with E-state index in [9.17, 15) is 0 Å². The number of nitrogens with one attached hydrogen (secondary N) is 1. The molecule has 0 spiro atoms. The van der Waals surface area contributed by atoms with Crippen LogP contribution in [0.25, 0.3) is 0 Å². The largest absolute Gasteiger partial charge is 0.396 e. The molecule has 0 fully saturated rings. The number of aliphatic hydroxyl groups is 1. The molecule has 4 N–H and O–H groups in total. The molecule has 16 heavy (non-hydrogen) atoms. The number of aliphatic imine (C=N–C) groups is 1. The van der Waals surface area contributed by atoms with Crippen LogP contribution in [0.2, 0.25) is 0 Å². The number of guanidine groups is 1. The molecule has 0 aliphatic rings. The number of aliphatic hydroxyl groups excluding tert-OH is 1. The first-order chi connectivity index (χ1) is 7.39. The quantitative estimate of drug-likeness (QED) is 0.477. The Kier molecular flexibility index (Phi) is 7.13. The van der Waals surface area contributed by atoms with Gasteiger partial charge in [0, 0.05) is 18.7 Å². The first kappa shape index (κ1) is 15.2. The maximum atomic E-state index is 8.92. The molecule has 1 atom stereocenters. The summed E-state index contributed by atoms with van der Waals surface area (Å²) in [5, 5.41) is 12.0. The van der Waals surface area contributed by atoms with E-state index in [0.717, 1.165) is 19.3 Å². The van der Waals surface area contributed by atoms with Crippen LogP contribution >= 0.6 is 0 Å². The van der Waals surface area contributed by atoms with Crippen LogP contribution in [0, 0.1) is 5.92 Å². The topological polar surface area (TPSA) is 70.6 Å². The maximum absolute atomic E-state index is 8.92. The molecule has 4 nitrogen and oxygen atoms in total. The average molecular weight is 229 g/mol. The van der Waals surface area contributed by atoms with E-state index in [4.69, 9.17) is 10.8 Å². The molecular weight excluding hydrogens is 202 g/mol. The van der Waals surface area contributed by atoms with Crippen molar-refractivity contribution in [2.45, 2.75) is 52.5 Å². The van der Waals surface area contributed by atoms with Gasteiger partial charge in [-0.2, -0.15) is 0 Å². The monoisotopic (exact) mass is 229 g/mol. The summed E-state index contributed by atoms with van der Waals surface area (Å²) in [6, 6.07) is 0. The highest BCUT2D eigenvalue weighted by Gasteiger charge is 2.11. The van der Waals surface area contributed by atoms with Gasteiger partial charge in [-0.3, -0.25) is 4.99 Å². The fourth-order valence-electron chi connectivity index (χ4n) is 1.57. The smallest absolute Gasteiger partial charge is 0.188 e. The molecule has 0 aromatic carbocycles. The molecule has 0 aromatic heterocycles. The predicted octanol–water partition coefficient (Wildman–Crippen LogP) is 1.49. The lowest BCUT2D eigenvalue weighted by molar-refractivity contribution is 0.253. The molecule has 0 rings (SSSR count). The van der Waals surface area contributed by atoms with Crippen molar-refractivity contribution in [3.63, 3.8) is 0 Å². The minimum absolute atomic E-state index is 0.0508. The van der Waals surface area contributed by atoms with Gasteiger partial charge in [0.15, 0.2) is 5.96 Å². The summed E-state index contributed by atoms with van der Waals surface area (Å²) in [5.74, 6) is 0.932. The number of hydrogen-bond donors (Lipinski definition) is 3. The predicted molar refractivity (Wildman–Crippen MR) is 69.5 cm³/mol. The van der Waals surface area contributed by atoms with Crippen LogP contribution in [0.5, 0.6) is 0 Å². The van der Waals surface area contributed by atoms with Gasteiger partial charge in [-0.1, -0.05) is 13.3 Å². The fourth-order valence-corrected chi connectivity index (χ4v) is 1.57. The third-order valence-corrected chi connectivity index (χ3v) is 2.26. The Bertz CT molecular complexity index is 203. The van der Waals surface area contributed by atoms with Gasteiger partial charge >= 0.3 is 0 Å². The van der Waals surface area contributed by atoms with Gasteiger partial charge in [-0.05, 0) is 39.5 Å². The van der Waals surface area contributed by atoms with E-state index in [1.165, 1.54) is 0 Å². The summed E-state index contributed by atoms with van der Waals surface area (Å²) in [6.45, 7) is 9.22. The Labute approximate surface area is 99.3 Å². The highest BCUT2D eigenvalue weighted by atomic mass is 16.3. The van der Waals surface area contributed by atoms with E-state index in [2.05, 4.69) is 17.2 Å². The van der Waals surface area contributed by atoms with Gasteiger partial charge in [0.2, 0.25) is 0 Å². The van der Waals surface area contributed by atoms with Gasteiger partial charge in [-0.15, -0.1) is 0 Å². The fraction of sp³-hybridized carbons (Fsp3) is 0.917. The third kappa shape index (κ3) is 8.53. The molecule has 1 unspecified atom stereocenters. The van der Waals surface area contributed by atoms with Crippen molar-refractivity contribution in [1.29, 1.82) is 0 Å². The summed E-state index contributed by atoms with van der Waals surface area (Å²) in [7, 11) is 0. The summed E-state index contributed by atoms with van der Waals surface area (Å²) in [6.07, 6.45) is 3.01. The average Bonchev–Trinajstić information content (AvgIpc) is 2.12. The van der Waals surface area contributed by atoms with Gasteiger partial charge in [0.05, 0.1) is 0 Å². The van der Waals surface area contributed by atoms with Crippen LogP contribution in [0.1, 0.15) is 47.0 Å². The van der Waals surface area contributed by atoms with Crippen molar-refractivity contribution in [1.82, 2.24) is 5.32 Å². The van der Waals surface area contributed by atoms with Crippen molar-refractivity contribution in [2.24, 2.45) is 16.6 Å². The van der Waals surface area contributed by atoms with Crippen LogP contribution in [0.15, 0.2) is 4.99 Å². The number of rotatable bonds is 6. The van der Waals surface area contributed by atoms with E-state index in [1.54, 1.807) is 0 Å². The first-order valence-corrected chi connectivity index (χ1v) is 6.08. The van der Waals surface area contributed by atoms with Gasteiger partial charge in [-0.25, -0.2) is 0 Å². The summed E-state index contributed by atoms with van der Waals surface area (Å²) < 4.78 is 0. The Morgan fingerprint density at radius 2 is 2.00 bits per heavy atom. The minimum atomic E-state index is -0.0508. The number of nitrogens with zero attached hydrogens (tertiary/aromatic N) is 1. The molecule has 0 radical (unpaired) electrons. The molecule has 96 valence electrons. The molecular formula is C12H27N3O. The molecule has 0 aromatic rings. The molecule has 4 heteroatoms. The zero-order valence-electron chi connectivity index (χ0n) is 11.1. The van der Waals surface area contributed by atoms with Gasteiger partial charge < -0.3 is 16.2 Å². The zero-order chi connectivity index (χ0) is 12.6. The van der Waals surface area contributed by atoms with Crippen molar-refractivity contribution < 1.29 is 5.11 Å². The van der Waals surface area contributed by atoms with Crippen LogP contribution in [-0.4, -0.2) is 29.8 Å². The first-order valence-electron chi connectivity index (χ1n) is 6.08. The molecule has 0 heterocycles. The lowest BCUT2D eigenvalue weighted by atomic mass is 10.0. The lowest BCUT2D eigenvalue weighted by Gasteiger charge is -2.21. The van der Waals surface area contributed by atoms with E-state index in [-0.39, 0.29) is 12.1 Å². The Morgan fingerprint density at radius 1 is 1.38 bits per heavy atom. The molecule has 0 aliphatic heterocycles. The van der Waals surface area contributed by atoms with Gasteiger partial charge in [0.25, 0.3) is 0 Å². The van der Waals surface area contributed by atoms with Crippen molar-refractivity contribution in [3.8, 4) is 0 Å². The Morgan fingerprint density at radius 3 is 2.44 bits per heavy atom.